The Morgan fingerprint density at radius 3 is 2.50 bits per heavy atom. The average Bonchev–Trinajstić information content (AvgIpc) is 2.56. The molecule has 104 valence electrons. The Kier molecular flexibility index (Phi) is 5.28. The van der Waals surface area contributed by atoms with Crippen LogP contribution in [0.25, 0.3) is 0 Å². The Morgan fingerprint density at radius 2 is 2.06 bits per heavy atom. The molecule has 0 fully saturated rings. The van der Waals surface area contributed by atoms with Gasteiger partial charge in [0.15, 0.2) is 0 Å². The van der Waals surface area contributed by atoms with Crippen LogP contribution in [0.4, 0.5) is 0 Å². The summed E-state index contributed by atoms with van der Waals surface area (Å²) >= 11 is 0. The summed E-state index contributed by atoms with van der Waals surface area (Å²) < 4.78 is 1.93. The third-order valence-corrected chi connectivity index (χ3v) is 3.05. The molecule has 1 rings (SSSR count). The van der Waals surface area contributed by atoms with Crippen molar-refractivity contribution in [2.24, 2.45) is 0 Å². The quantitative estimate of drug-likeness (QED) is 0.772. The van der Waals surface area contributed by atoms with Gasteiger partial charge in [-0.2, -0.15) is 5.10 Å². The van der Waals surface area contributed by atoms with Crippen molar-refractivity contribution >= 4 is 0 Å². The van der Waals surface area contributed by atoms with Gasteiger partial charge in [-0.25, -0.2) is 4.98 Å². The minimum atomic E-state index is -0.211. The van der Waals surface area contributed by atoms with Crippen LogP contribution in [0.2, 0.25) is 0 Å². The van der Waals surface area contributed by atoms with Crippen LogP contribution in [0, 0.1) is 13.8 Å². The first kappa shape index (κ1) is 15.1. The fraction of sp³-hybridized carbons (Fsp3) is 0.846. The highest BCUT2D eigenvalue weighted by Crippen LogP contribution is 2.14. The van der Waals surface area contributed by atoms with Crippen LogP contribution < -0.4 is 5.32 Å². The van der Waals surface area contributed by atoms with Gasteiger partial charge in [-0.1, -0.05) is 13.8 Å². The van der Waals surface area contributed by atoms with E-state index in [0.717, 1.165) is 31.0 Å². The second-order valence-electron chi connectivity index (χ2n) is 5.55. The van der Waals surface area contributed by atoms with Crippen molar-refractivity contribution in [1.82, 2.24) is 20.1 Å². The largest absolute Gasteiger partial charge is 0.394 e. The van der Waals surface area contributed by atoms with Crippen molar-refractivity contribution in [2.45, 2.75) is 65.6 Å². The molecule has 18 heavy (non-hydrogen) atoms. The zero-order chi connectivity index (χ0) is 13.8. The third kappa shape index (κ3) is 4.38. The van der Waals surface area contributed by atoms with Crippen LogP contribution in [0.3, 0.4) is 0 Å². The van der Waals surface area contributed by atoms with Crippen molar-refractivity contribution < 1.29 is 5.11 Å². The predicted molar refractivity (Wildman–Crippen MR) is 72.5 cm³/mol. The molecular formula is C13H26N4O. The molecule has 0 aliphatic heterocycles. The average molecular weight is 254 g/mol. The monoisotopic (exact) mass is 254 g/mol. The molecule has 0 aromatic carbocycles. The molecule has 1 atom stereocenters. The Labute approximate surface area is 110 Å². The number of aromatic nitrogens is 3. The van der Waals surface area contributed by atoms with Crippen LogP contribution in [-0.4, -0.2) is 38.1 Å². The fourth-order valence-electron chi connectivity index (χ4n) is 2.29. The van der Waals surface area contributed by atoms with Crippen LogP contribution in [0.5, 0.6) is 0 Å². The summed E-state index contributed by atoms with van der Waals surface area (Å²) in [6.07, 6.45) is 1.89. The summed E-state index contributed by atoms with van der Waals surface area (Å²) in [6.45, 7) is 11.1. The second kappa shape index (κ2) is 6.29. The molecule has 1 unspecified atom stereocenters. The number of hydrogen-bond donors (Lipinski definition) is 2. The van der Waals surface area contributed by atoms with E-state index in [1.165, 1.54) is 0 Å². The molecule has 0 spiro atoms. The highest BCUT2D eigenvalue weighted by Gasteiger charge is 2.23. The van der Waals surface area contributed by atoms with Gasteiger partial charge < -0.3 is 10.4 Å². The Balaban J connectivity index is 2.46. The van der Waals surface area contributed by atoms with Gasteiger partial charge in [0, 0.05) is 18.1 Å². The first-order chi connectivity index (χ1) is 8.36. The van der Waals surface area contributed by atoms with Gasteiger partial charge in [-0.05, 0) is 33.6 Å². The van der Waals surface area contributed by atoms with Gasteiger partial charge in [-0.3, -0.25) is 4.68 Å². The molecule has 0 saturated carbocycles. The predicted octanol–water partition coefficient (Wildman–Crippen LogP) is 1.42. The van der Waals surface area contributed by atoms with E-state index in [2.05, 4.69) is 36.2 Å². The van der Waals surface area contributed by atoms with Gasteiger partial charge in [0.05, 0.1) is 6.61 Å². The van der Waals surface area contributed by atoms with E-state index in [4.69, 9.17) is 0 Å². The summed E-state index contributed by atoms with van der Waals surface area (Å²) in [6, 6.07) is 0.373. The van der Waals surface area contributed by atoms with E-state index in [1.807, 2.05) is 18.5 Å². The van der Waals surface area contributed by atoms with Gasteiger partial charge in [0.1, 0.15) is 11.6 Å². The molecule has 1 heterocycles. The molecule has 5 heteroatoms. The van der Waals surface area contributed by atoms with Gasteiger partial charge in [-0.15, -0.1) is 0 Å². The maximum atomic E-state index is 9.49. The molecular weight excluding hydrogens is 228 g/mol. The molecule has 1 aromatic rings. The van der Waals surface area contributed by atoms with Crippen molar-refractivity contribution in [1.29, 1.82) is 0 Å². The lowest BCUT2D eigenvalue weighted by atomic mass is 9.96. The van der Waals surface area contributed by atoms with Gasteiger partial charge >= 0.3 is 0 Å². The first-order valence-electron chi connectivity index (χ1n) is 6.63. The molecule has 0 amide bonds. The van der Waals surface area contributed by atoms with Crippen molar-refractivity contribution in [3.05, 3.63) is 11.6 Å². The standard InChI is InChI=1S/C13H26N4O/c1-10(2)15-13(5,9-18)7-6-8-17-12(4)14-11(3)16-17/h10,15,18H,6-9H2,1-5H3. The summed E-state index contributed by atoms with van der Waals surface area (Å²) in [5.74, 6) is 1.77. The number of aliphatic hydroxyl groups excluding tert-OH is 1. The minimum Gasteiger partial charge on any atom is -0.394 e. The number of nitrogens with one attached hydrogen (secondary N) is 1. The molecule has 0 aliphatic carbocycles. The maximum Gasteiger partial charge on any atom is 0.147 e. The first-order valence-corrected chi connectivity index (χ1v) is 6.63. The number of nitrogens with zero attached hydrogens (tertiary/aromatic N) is 3. The Morgan fingerprint density at radius 1 is 1.39 bits per heavy atom. The number of rotatable bonds is 7. The maximum absolute atomic E-state index is 9.49. The summed E-state index contributed by atoms with van der Waals surface area (Å²) in [7, 11) is 0. The van der Waals surface area contributed by atoms with Gasteiger partial charge in [0.2, 0.25) is 0 Å². The molecule has 0 bridgehead atoms. The SMILES string of the molecule is Cc1nc(C)n(CCCC(C)(CO)NC(C)C)n1. The minimum absolute atomic E-state index is 0.153. The lowest BCUT2D eigenvalue weighted by molar-refractivity contribution is 0.153. The summed E-state index contributed by atoms with van der Waals surface area (Å²) in [5.41, 5.74) is -0.211. The Bertz CT molecular complexity index is 375. The van der Waals surface area contributed by atoms with E-state index in [9.17, 15) is 5.11 Å². The normalized spacial score (nSPS) is 15.1. The van der Waals surface area contributed by atoms with E-state index in [0.29, 0.717) is 6.04 Å². The highest BCUT2D eigenvalue weighted by atomic mass is 16.3. The van der Waals surface area contributed by atoms with E-state index >= 15 is 0 Å². The summed E-state index contributed by atoms with van der Waals surface area (Å²) in [4.78, 5) is 4.28. The fourth-order valence-corrected chi connectivity index (χ4v) is 2.29. The number of aryl methyl sites for hydroxylation is 3. The number of hydrogen-bond acceptors (Lipinski definition) is 4. The smallest absolute Gasteiger partial charge is 0.147 e. The zero-order valence-corrected chi connectivity index (χ0v) is 12.2. The second-order valence-corrected chi connectivity index (χ2v) is 5.55. The van der Waals surface area contributed by atoms with Crippen molar-refractivity contribution in [3.63, 3.8) is 0 Å². The number of aliphatic hydroxyl groups is 1. The van der Waals surface area contributed by atoms with Crippen molar-refractivity contribution in [2.75, 3.05) is 6.61 Å². The molecule has 0 radical (unpaired) electrons. The highest BCUT2D eigenvalue weighted by molar-refractivity contribution is 4.88. The zero-order valence-electron chi connectivity index (χ0n) is 12.2. The molecule has 1 aromatic heterocycles. The van der Waals surface area contributed by atoms with E-state index in [-0.39, 0.29) is 12.1 Å². The molecule has 5 nitrogen and oxygen atoms in total. The summed E-state index contributed by atoms with van der Waals surface area (Å²) in [5, 5.41) is 17.2. The van der Waals surface area contributed by atoms with Crippen LogP contribution in [0.15, 0.2) is 0 Å². The molecule has 2 N–H and O–H groups in total. The third-order valence-electron chi connectivity index (χ3n) is 3.05. The topological polar surface area (TPSA) is 63.0 Å². The Hall–Kier alpha value is -0.940. The van der Waals surface area contributed by atoms with E-state index in [1.54, 1.807) is 0 Å². The van der Waals surface area contributed by atoms with Crippen LogP contribution in [0.1, 0.15) is 45.3 Å². The molecule has 0 aliphatic rings. The molecule has 0 saturated heterocycles. The van der Waals surface area contributed by atoms with E-state index < -0.39 is 0 Å². The van der Waals surface area contributed by atoms with Crippen LogP contribution >= 0.6 is 0 Å². The lowest BCUT2D eigenvalue weighted by Crippen LogP contribution is -2.49. The van der Waals surface area contributed by atoms with Gasteiger partial charge in [0.25, 0.3) is 0 Å². The lowest BCUT2D eigenvalue weighted by Gasteiger charge is -2.31. The van der Waals surface area contributed by atoms with Crippen molar-refractivity contribution in [3.8, 4) is 0 Å². The van der Waals surface area contributed by atoms with Crippen LogP contribution in [-0.2, 0) is 6.54 Å².